The van der Waals surface area contributed by atoms with E-state index in [0.29, 0.717) is 17.4 Å². The van der Waals surface area contributed by atoms with Crippen molar-refractivity contribution in [3.63, 3.8) is 0 Å². The Kier molecular flexibility index (Phi) is 5.41. The van der Waals surface area contributed by atoms with Gasteiger partial charge in [-0.05, 0) is 6.42 Å². The van der Waals surface area contributed by atoms with E-state index in [0.717, 1.165) is 19.3 Å². The highest BCUT2D eigenvalue weighted by atomic mass is 32.1. The van der Waals surface area contributed by atoms with Crippen LogP contribution in [0.2, 0.25) is 0 Å². The molecule has 0 fully saturated rings. The monoisotopic (exact) mass is 256 g/mol. The van der Waals surface area contributed by atoms with Crippen LogP contribution in [-0.4, -0.2) is 23.2 Å². The molecule has 1 aromatic heterocycles. The van der Waals surface area contributed by atoms with Gasteiger partial charge in [0.2, 0.25) is 0 Å². The van der Waals surface area contributed by atoms with E-state index < -0.39 is 5.91 Å². The predicted octanol–water partition coefficient (Wildman–Crippen LogP) is 1.12. The number of hydrogen-bond donors (Lipinski definition) is 2. The van der Waals surface area contributed by atoms with Gasteiger partial charge in [-0.2, -0.15) is 0 Å². The molecule has 0 aliphatic carbocycles. The Morgan fingerprint density at radius 2 is 2.35 bits per heavy atom. The zero-order valence-corrected chi connectivity index (χ0v) is 10.5. The topological polar surface area (TPSA) is 104 Å². The van der Waals surface area contributed by atoms with Crippen LogP contribution in [0.4, 0.5) is 5.13 Å². The fourth-order valence-corrected chi connectivity index (χ4v) is 1.69. The van der Waals surface area contributed by atoms with Crippen molar-refractivity contribution in [2.24, 2.45) is 10.9 Å². The number of nitrogens with two attached hydrogens (primary N) is 2. The summed E-state index contributed by atoms with van der Waals surface area (Å²) in [5.41, 5.74) is 11.0. The fraction of sp³-hybridized carbons (Fsp3) is 0.500. The molecular formula is C10H16N4O2S. The number of unbranched alkanes of at least 4 members (excludes halogenated alkanes) is 2. The van der Waals surface area contributed by atoms with E-state index in [1.54, 1.807) is 5.38 Å². The number of hydrogen-bond acceptors (Lipinski definition) is 6. The number of oxime groups is 1. The Morgan fingerprint density at radius 1 is 1.59 bits per heavy atom. The van der Waals surface area contributed by atoms with Gasteiger partial charge < -0.3 is 16.3 Å². The van der Waals surface area contributed by atoms with Crippen LogP contribution in [0.15, 0.2) is 10.5 Å². The van der Waals surface area contributed by atoms with Crippen LogP contribution in [-0.2, 0) is 9.63 Å². The van der Waals surface area contributed by atoms with Crippen LogP contribution in [0.1, 0.15) is 31.9 Å². The van der Waals surface area contributed by atoms with Crippen LogP contribution >= 0.6 is 11.3 Å². The molecule has 0 saturated heterocycles. The van der Waals surface area contributed by atoms with Crippen LogP contribution < -0.4 is 11.5 Å². The first-order valence-electron chi connectivity index (χ1n) is 5.36. The molecule has 0 saturated carbocycles. The van der Waals surface area contributed by atoms with Crippen LogP contribution in [0.5, 0.6) is 0 Å². The van der Waals surface area contributed by atoms with Gasteiger partial charge in [0.25, 0.3) is 5.91 Å². The minimum atomic E-state index is -0.675. The molecular weight excluding hydrogens is 240 g/mol. The summed E-state index contributed by atoms with van der Waals surface area (Å²) < 4.78 is 0. The third-order valence-electron chi connectivity index (χ3n) is 1.99. The maximum absolute atomic E-state index is 11.2. The molecule has 0 atom stereocenters. The second-order valence-electron chi connectivity index (χ2n) is 3.42. The van der Waals surface area contributed by atoms with Crippen molar-refractivity contribution in [1.29, 1.82) is 0 Å². The average molecular weight is 256 g/mol. The van der Waals surface area contributed by atoms with Gasteiger partial charge in [0.15, 0.2) is 10.8 Å². The number of amides is 1. The zero-order valence-electron chi connectivity index (χ0n) is 9.68. The smallest absolute Gasteiger partial charge is 0.273 e. The van der Waals surface area contributed by atoms with Crippen molar-refractivity contribution in [2.75, 3.05) is 12.3 Å². The van der Waals surface area contributed by atoms with Crippen molar-refractivity contribution < 1.29 is 9.63 Å². The summed E-state index contributed by atoms with van der Waals surface area (Å²) in [5, 5.41) is 5.69. The van der Waals surface area contributed by atoms with Crippen LogP contribution in [0, 0.1) is 0 Å². The number of nitrogens with zero attached hydrogens (tertiary/aromatic N) is 2. The number of rotatable bonds is 7. The molecule has 1 rings (SSSR count). The second kappa shape index (κ2) is 6.85. The van der Waals surface area contributed by atoms with Crippen molar-refractivity contribution in [3.05, 3.63) is 11.1 Å². The number of primary amides is 1. The lowest BCUT2D eigenvalue weighted by Crippen LogP contribution is -2.25. The summed E-state index contributed by atoms with van der Waals surface area (Å²) in [5.74, 6) is -0.675. The average Bonchev–Trinajstić information content (AvgIpc) is 2.69. The van der Waals surface area contributed by atoms with Gasteiger partial charge in [-0.1, -0.05) is 24.9 Å². The lowest BCUT2D eigenvalue weighted by atomic mass is 10.3. The molecule has 0 aliphatic heterocycles. The van der Waals surface area contributed by atoms with Gasteiger partial charge in [0.05, 0.1) is 0 Å². The molecule has 0 aromatic carbocycles. The molecule has 94 valence electrons. The van der Waals surface area contributed by atoms with E-state index in [1.165, 1.54) is 11.3 Å². The fourth-order valence-electron chi connectivity index (χ4n) is 1.14. The maximum Gasteiger partial charge on any atom is 0.273 e. The molecule has 1 amide bonds. The van der Waals surface area contributed by atoms with Crippen molar-refractivity contribution in [2.45, 2.75) is 26.2 Å². The highest BCUT2D eigenvalue weighted by Crippen LogP contribution is 2.12. The lowest BCUT2D eigenvalue weighted by molar-refractivity contribution is -0.112. The zero-order chi connectivity index (χ0) is 12.7. The molecule has 0 unspecified atom stereocenters. The molecule has 0 aliphatic rings. The Morgan fingerprint density at radius 3 is 2.88 bits per heavy atom. The quantitative estimate of drug-likeness (QED) is 0.433. The molecule has 17 heavy (non-hydrogen) atoms. The van der Waals surface area contributed by atoms with E-state index in [1.807, 2.05) is 0 Å². The summed E-state index contributed by atoms with van der Waals surface area (Å²) in [7, 11) is 0. The summed E-state index contributed by atoms with van der Waals surface area (Å²) in [6.07, 6.45) is 3.05. The Balaban J connectivity index is 2.60. The van der Waals surface area contributed by atoms with Gasteiger partial charge in [-0.25, -0.2) is 4.98 Å². The largest absolute Gasteiger partial charge is 0.395 e. The number of aromatic nitrogens is 1. The number of carbonyl (C=O) groups excluding carboxylic acids is 1. The Hall–Kier alpha value is -1.63. The van der Waals surface area contributed by atoms with Crippen LogP contribution in [0.25, 0.3) is 0 Å². The highest BCUT2D eigenvalue weighted by Gasteiger charge is 2.14. The van der Waals surface area contributed by atoms with Gasteiger partial charge in [0.1, 0.15) is 12.3 Å². The molecule has 6 nitrogen and oxygen atoms in total. The minimum absolute atomic E-state index is 0.00875. The lowest BCUT2D eigenvalue weighted by Gasteiger charge is -2.00. The van der Waals surface area contributed by atoms with Crippen molar-refractivity contribution in [1.82, 2.24) is 4.98 Å². The van der Waals surface area contributed by atoms with Crippen molar-refractivity contribution >= 4 is 28.1 Å². The van der Waals surface area contributed by atoms with E-state index >= 15 is 0 Å². The predicted molar refractivity (Wildman–Crippen MR) is 67.7 cm³/mol. The minimum Gasteiger partial charge on any atom is -0.395 e. The summed E-state index contributed by atoms with van der Waals surface area (Å²) in [6.45, 7) is 2.56. The molecule has 1 aromatic rings. The van der Waals surface area contributed by atoms with Gasteiger partial charge >= 0.3 is 0 Å². The third-order valence-corrected chi connectivity index (χ3v) is 2.67. The standard InChI is InChI=1S/C10H16N4O2S/c1-2-3-4-5-16-14-8(9(11)15)7-6-17-10(12)13-7/h6H,2-5H2,1H3,(H2,11,15)(H2,12,13). The number of carbonyl (C=O) groups is 1. The third kappa shape index (κ3) is 4.39. The first kappa shape index (κ1) is 13.4. The van der Waals surface area contributed by atoms with E-state index in [4.69, 9.17) is 16.3 Å². The van der Waals surface area contributed by atoms with E-state index in [2.05, 4.69) is 17.1 Å². The molecule has 0 radical (unpaired) electrons. The molecule has 0 bridgehead atoms. The SMILES string of the molecule is CCCCCON=C(C(N)=O)c1csc(N)n1. The number of thiazole rings is 1. The van der Waals surface area contributed by atoms with Gasteiger partial charge in [0, 0.05) is 5.38 Å². The van der Waals surface area contributed by atoms with Gasteiger partial charge in [-0.15, -0.1) is 11.3 Å². The Labute approximate surface area is 104 Å². The molecule has 7 heteroatoms. The highest BCUT2D eigenvalue weighted by molar-refractivity contribution is 7.13. The summed E-state index contributed by atoms with van der Waals surface area (Å²) >= 11 is 1.22. The molecule has 0 spiro atoms. The van der Waals surface area contributed by atoms with Crippen LogP contribution in [0.3, 0.4) is 0 Å². The first-order chi connectivity index (χ1) is 8.15. The second-order valence-corrected chi connectivity index (χ2v) is 4.31. The van der Waals surface area contributed by atoms with E-state index in [9.17, 15) is 4.79 Å². The number of anilines is 1. The number of nitrogen functional groups attached to an aromatic ring is 1. The summed E-state index contributed by atoms with van der Waals surface area (Å²) in [6, 6.07) is 0. The molecule has 4 N–H and O–H groups in total. The van der Waals surface area contributed by atoms with Crippen molar-refractivity contribution in [3.8, 4) is 0 Å². The normalized spacial score (nSPS) is 11.5. The first-order valence-corrected chi connectivity index (χ1v) is 6.24. The van der Waals surface area contributed by atoms with Gasteiger partial charge in [-0.3, -0.25) is 4.79 Å². The maximum atomic E-state index is 11.2. The summed E-state index contributed by atoms with van der Waals surface area (Å²) in [4.78, 5) is 20.1. The molecule has 1 heterocycles. The Bertz CT molecular complexity index is 403. The van der Waals surface area contributed by atoms with E-state index in [-0.39, 0.29) is 5.71 Å².